The molecule has 0 aliphatic carbocycles. The van der Waals surface area contributed by atoms with Crippen LogP contribution in [-0.2, 0) is 20.8 Å². The lowest BCUT2D eigenvalue weighted by molar-refractivity contribution is -0.147. The predicted molar refractivity (Wildman–Crippen MR) is 72.1 cm³/mol. The smallest absolute Gasteiger partial charge is 0.346 e. The molecule has 106 valence electrons. The summed E-state index contributed by atoms with van der Waals surface area (Å²) in [5.41, 5.74) is 1.15. The van der Waals surface area contributed by atoms with Crippen molar-refractivity contribution in [2.75, 3.05) is 27.4 Å². The number of hydrogen-bond acceptors (Lipinski definition) is 5. The molecule has 0 aliphatic rings. The van der Waals surface area contributed by atoms with Gasteiger partial charge in [-0.15, -0.1) is 0 Å². The van der Waals surface area contributed by atoms with Crippen molar-refractivity contribution in [1.82, 2.24) is 5.32 Å². The second kappa shape index (κ2) is 8.50. The highest BCUT2D eigenvalue weighted by Crippen LogP contribution is 2.14. The van der Waals surface area contributed by atoms with E-state index in [0.29, 0.717) is 12.4 Å². The average molecular weight is 267 g/mol. The summed E-state index contributed by atoms with van der Waals surface area (Å²) < 4.78 is 15.0. The highest BCUT2D eigenvalue weighted by Gasteiger charge is 2.14. The summed E-state index contributed by atoms with van der Waals surface area (Å²) in [7, 11) is 3.02. The SMILES string of the molecule is COCCNCc1ccc(OC(C)C(=O)OC)cc1. The van der Waals surface area contributed by atoms with Gasteiger partial charge in [-0.2, -0.15) is 0 Å². The van der Waals surface area contributed by atoms with E-state index in [0.717, 1.165) is 18.7 Å². The first-order valence-corrected chi connectivity index (χ1v) is 6.20. The number of esters is 1. The molecule has 1 N–H and O–H groups in total. The quantitative estimate of drug-likeness (QED) is 0.569. The summed E-state index contributed by atoms with van der Waals surface area (Å²) in [6.45, 7) is 3.94. The predicted octanol–water partition coefficient (Wildman–Crippen LogP) is 1.36. The number of methoxy groups -OCH3 is 2. The lowest BCUT2D eigenvalue weighted by Crippen LogP contribution is -2.24. The van der Waals surface area contributed by atoms with Gasteiger partial charge in [0.2, 0.25) is 0 Å². The minimum absolute atomic E-state index is 0.384. The number of hydrogen-bond donors (Lipinski definition) is 1. The first-order chi connectivity index (χ1) is 9.17. The Labute approximate surface area is 113 Å². The van der Waals surface area contributed by atoms with Crippen molar-refractivity contribution in [2.24, 2.45) is 0 Å². The Hall–Kier alpha value is -1.59. The van der Waals surface area contributed by atoms with E-state index in [4.69, 9.17) is 9.47 Å². The summed E-state index contributed by atoms with van der Waals surface area (Å²) in [6, 6.07) is 7.60. The molecule has 0 saturated carbocycles. The molecule has 0 heterocycles. The Morgan fingerprint density at radius 3 is 2.53 bits per heavy atom. The zero-order valence-electron chi connectivity index (χ0n) is 11.6. The highest BCUT2D eigenvalue weighted by molar-refractivity contribution is 5.74. The van der Waals surface area contributed by atoms with Gasteiger partial charge in [-0.3, -0.25) is 0 Å². The third-order valence-electron chi connectivity index (χ3n) is 2.58. The lowest BCUT2D eigenvalue weighted by atomic mass is 10.2. The molecule has 5 heteroatoms. The molecule has 1 rings (SSSR count). The van der Waals surface area contributed by atoms with Crippen LogP contribution in [0, 0.1) is 0 Å². The van der Waals surface area contributed by atoms with Gasteiger partial charge in [0.15, 0.2) is 6.10 Å². The third kappa shape index (κ3) is 5.72. The van der Waals surface area contributed by atoms with Gasteiger partial charge in [0.25, 0.3) is 0 Å². The summed E-state index contributed by atoms with van der Waals surface area (Å²) in [6.07, 6.45) is -0.601. The topological polar surface area (TPSA) is 56.8 Å². The molecule has 1 unspecified atom stereocenters. The van der Waals surface area contributed by atoms with Gasteiger partial charge >= 0.3 is 5.97 Å². The van der Waals surface area contributed by atoms with Crippen LogP contribution in [0.4, 0.5) is 0 Å². The lowest BCUT2D eigenvalue weighted by Gasteiger charge is -2.12. The molecular weight excluding hydrogens is 246 g/mol. The second-order valence-corrected chi connectivity index (χ2v) is 4.10. The third-order valence-corrected chi connectivity index (χ3v) is 2.58. The van der Waals surface area contributed by atoms with Crippen LogP contribution in [0.3, 0.4) is 0 Å². The normalized spacial score (nSPS) is 11.9. The molecule has 0 bridgehead atoms. The summed E-state index contributed by atoms with van der Waals surface area (Å²) in [5.74, 6) is 0.267. The fraction of sp³-hybridized carbons (Fsp3) is 0.500. The van der Waals surface area contributed by atoms with Gasteiger partial charge in [0, 0.05) is 20.2 Å². The van der Waals surface area contributed by atoms with E-state index in [1.807, 2.05) is 24.3 Å². The van der Waals surface area contributed by atoms with Gasteiger partial charge < -0.3 is 19.5 Å². The fourth-order valence-corrected chi connectivity index (χ4v) is 1.51. The largest absolute Gasteiger partial charge is 0.479 e. The van der Waals surface area contributed by atoms with Gasteiger partial charge in [0.1, 0.15) is 5.75 Å². The van der Waals surface area contributed by atoms with Crippen molar-refractivity contribution in [3.63, 3.8) is 0 Å². The molecule has 0 saturated heterocycles. The standard InChI is InChI=1S/C14H21NO4/c1-11(14(16)18-3)19-13-6-4-12(5-7-13)10-15-8-9-17-2/h4-7,11,15H,8-10H2,1-3H3. The first kappa shape index (κ1) is 15.5. The van der Waals surface area contributed by atoms with Crippen LogP contribution in [0.1, 0.15) is 12.5 Å². The molecule has 1 aromatic carbocycles. The number of benzene rings is 1. The van der Waals surface area contributed by atoms with Crippen LogP contribution >= 0.6 is 0 Å². The van der Waals surface area contributed by atoms with Crippen LogP contribution in [-0.4, -0.2) is 39.4 Å². The minimum Gasteiger partial charge on any atom is -0.479 e. The van der Waals surface area contributed by atoms with Crippen molar-refractivity contribution in [2.45, 2.75) is 19.6 Å². The van der Waals surface area contributed by atoms with Crippen molar-refractivity contribution in [1.29, 1.82) is 0 Å². The van der Waals surface area contributed by atoms with E-state index in [-0.39, 0.29) is 5.97 Å². The summed E-state index contributed by atoms with van der Waals surface area (Å²) >= 11 is 0. The Morgan fingerprint density at radius 2 is 1.95 bits per heavy atom. The second-order valence-electron chi connectivity index (χ2n) is 4.10. The van der Waals surface area contributed by atoms with Crippen molar-refractivity contribution in [3.05, 3.63) is 29.8 Å². The molecule has 0 spiro atoms. The number of nitrogens with one attached hydrogen (secondary N) is 1. The zero-order chi connectivity index (χ0) is 14.1. The molecular formula is C14H21NO4. The fourth-order valence-electron chi connectivity index (χ4n) is 1.51. The Kier molecular flexibility index (Phi) is 6.92. The van der Waals surface area contributed by atoms with Crippen LogP contribution < -0.4 is 10.1 Å². The average Bonchev–Trinajstić information content (AvgIpc) is 2.44. The van der Waals surface area contributed by atoms with E-state index in [1.54, 1.807) is 14.0 Å². The molecule has 1 atom stereocenters. The molecule has 0 aromatic heterocycles. The minimum atomic E-state index is -0.601. The Bertz CT molecular complexity index is 378. The van der Waals surface area contributed by atoms with E-state index in [1.165, 1.54) is 7.11 Å². The number of ether oxygens (including phenoxy) is 3. The number of carbonyl (C=O) groups is 1. The molecule has 0 fully saturated rings. The Morgan fingerprint density at radius 1 is 1.26 bits per heavy atom. The summed E-state index contributed by atoms with van der Waals surface area (Å²) in [4.78, 5) is 11.2. The molecule has 0 amide bonds. The van der Waals surface area contributed by atoms with Crippen molar-refractivity contribution in [3.8, 4) is 5.75 Å². The monoisotopic (exact) mass is 267 g/mol. The van der Waals surface area contributed by atoms with Crippen LogP contribution in [0.5, 0.6) is 5.75 Å². The van der Waals surface area contributed by atoms with Gasteiger partial charge in [-0.05, 0) is 24.6 Å². The maximum absolute atomic E-state index is 11.2. The zero-order valence-corrected chi connectivity index (χ0v) is 11.6. The van der Waals surface area contributed by atoms with Gasteiger partial charge in [-0.1, -0.05) is 12.1 Å². The van der Waals surface area contributed by atoms with E-state index in [2.05, 4.69) is 10.1 Å². The molecule has 19 heavy (non-hydrogen) atoms. The van der Waals surface area contributed by atoms with Gasteiger partial charge in [0.05, 0.1) is 13.7 Å². The van der Waals surface area contributed by atoms with Crippen LogP contribution in [0.2, 0.25) is 0 Å². The maximum Gasteiger partial charge on any atom is 0.346 e. The van der Waals surface area contributed by atoms with Crippen LogP contribution in [0.15, 0.2) is 24.3 Å². The highest BCUT2D eigenvalue weighted by atomic mass is 16.6. The van der Waals surface area contributed by atoms with Crippen LogP contribution in [0.25, 0.3) is 0 Å². The van der Waals surface area contributed by atoms with E-state index in [9.17, 15) is 4.79 Å². The first-order valence-electron chi connectivity index (χ1n) is 6.20. The van der Waals surface area contributed by atoms with Gasteiger partial charge in [-0.25, -0.2) is 4.79 Å². The van der Waals surface area contributed by atoms with Crippen molar-refractivity contribution < 1.29 is 19.0 Å². The molecule has 5 nitrogen and oxygen atoms in total. The van der Waals surface area contributed by atoms with E-state index < -0.39 is 6.10 Å². The summed E-state index contributed by atoms with van der Waals surface area (Å²) in [5, 5.41) is 3.25. The molecule has 1 aromatic rings. The van der Waals surface area contributed by atoms with Crippen molar-refractivity contribution >= 4 is 5.97 Å². The molecule has 0 aliphatic heterocycles. The maximum atomic E-state index is 11.2. The molecule has 0 radical (unpaired) electrons. The Balaban J connectivity index is 2.41. The van der Waals surface area contributed by atoms with E-state index >= 15 is 0 Å². The number of rotatable bonds is 8. The number of carbonyl (C=O) groups excluding carboxylic acids is 1.